The summed E-state index contributed by atoms with van der Waals surface area (Å²) in [5, 5.41) is 19.9. The Labute approximate surface area is 120 Å². The molecule has 0 bridgehead atoms. The number of hydrogen-bond acceptors (Lipinski definition) is 5. The number of benzene rings is 1. The van der Waals surface area contributed by atoms with Gasteiger partial charge in [-0.05, 0) is 30.3 Å². The first-order valence-electron chi connectivity index (χ1n) is 6.37. The molecular formula is C14H14N2O3S. The standard InChI is InChI=1S/C14H14N2O3S/c17-10-5-6-16(8-10)14-15-13(19)12(20-14)7-9-3-1-2-4-11(9)18/h1-4,7,10,17-18H,5-6,8H2/b12-7-. The van der Waals surface area contributed by atoms with Gasteiger partial charge in [0.2, 0.25) is 0 Å². The fourth-order valence-corrected chi connectivity index (χ4v) is 3.14. The van der Waals surface area contributed by atoms with Crippen molar-refractivity contribution in [3.8, 4) is 5.75 Å². The van der Waals surface area contributed by atoms with E-state index in [-0.39, 0.29) is 17.8 Å². The molecule has 3 rings (SSSR count). The van der Waals surface area contributed by atoms with E-state index in [0.717, 1.165) is 0 Å². The number of carbonyl (C=O) groups excluding carboxylic acids is 1. The molecule has 1 saturated heterocycles. The lowest BCUT2D eigenvalue weighted by Crippen LogP contribution is -2.26. The van der Waals surface area contributed by atoms with Gasteiger partial charge in [0.25, 0.3) is 5.91 Å². The molecule has 1 unspecified atom stereocenters. The predicted octanol–water partition coefficient (Wildman–Crippen LogP) is 1.43. The summed E-state index contributed by atoms with van der Waals surface area (Å²) in [6, 6.07) is 6.85. The molecule has 0 radical (unpaired) electrons. The SMILES string of the molecule is O=C1N=C(N2CCC(O)C2)S/C1=C\c1ccccc1O. The molecule has 2 heterocycles. The zero-order valence-corrected chi connectivity index (χ0v) is 11.5. The smallest absolute Gasteiger partial charge is 0.286 e. The normalized spacial score (nSPS) is 24.6. The number of aliphatic imine (C=N–C) groups is 1. The number of aromatic hydroxyl groups is 1. The van der Waals surface area contributed by atoms with Crippen LogP contribution in [-0.4, -0.2) is 45.4 Å². The Morgan fingerprint density at radius 1 is 1.40 bits per heavy atom. The maximum Gasteiger partial charge on any atom is 0.286 e. The fourth-order valence-electron chi connectivity index (χ4n) is 2.20. The second kappa shape index (κ2) is 5.30. The van der Waals surface area contributed by atoms with Crippen molar-refractivity contribution in [1.82, 2.24) is 4.90 Å². The van der Waals surface area contributed by atoms with Gasteiger partial charge in [0.15, 0.2) is 5.17 Å². The molecule has 0 spiro atoms. The third-order valence-electron chi connectivity index (χ3n) is 3.27. The molecule has 104 valence electrons. The average molecular weight is 290 g/mol. The fraction of sp³-hybridized carbons (Fsp3) is 0.286. The molecule has 0 saturated carbocycles. The number of rotatable bonds is 1. The maximum atomic E-state index is 11.9. The highest BCUT2D eigenvalue weighted by Crippen LogP contribution is 2.33. The lowest BCUT2D eigenvalue weighted by atomic mass is 10.2. The van der Waals surface area contributed by atoms with Crippen LogP contribution in [-0.2, 0) is 4.79 Å². The molecule has 0 aromatic heterocycles. The van der Waals surface area contributed by atoms with Crippen LogP contribution in [0, 0.1) is 0 Å². The summed E-state index contributed by atoms with van der Waals surface area (Å²) in [6.45, 7) is 1.23. The second-order valence-corrected chi connectivity index (χ2v) is 5.77. The molecule has 2 aliphatic heterocycles. The number of thioether (sulfide) groups is 1. The van der Waals surface area contributed by atoms with Crippen molar-refractivity contribution < 1.29 is 15.0 Å². The molecule has 1 fully saturated rings. The number of carbonyl (C=O) groups is 1. The number of nitrogens with zero attached hydrogens (tertiary/aromatic N) is 2. The van der Waals surface area contributed by atoms with Crippen LogP contribution in [0.2, 0.25) is 0 Å². The average Bonchev–Trinajstić information content (AvgIpc) is 2.99. The number of hydrogen-bond donors (Lipinski definition) is 2. The first kappa shape index (κ1) is 13.2. The minimum atomic E-state index is -0.348. The van der Waals surface area contributed by atoms with E-state index >= 15 is 0 Å². The Hall–Kier alpha value is -1.79. The number of phenols is 1. The van der Waals surface area contributed by atoms with Crippen LogP contribution in [0.15, 0.2) is 34.2 Å². The zero-order chi connectivity index (χ0) is 14.1. The van der Waals surface area contributed by atoms with E-state index in [4.69, 9.17) is 0 Å². The number of phenolic OH excluding ortho intramolecular Hbond substituents is 1. The minimum absolute atomic E-state index is 0.137. The van der Waals surface area contributed by atoms with Gasteiger partial charge in [-0.15, -0.1) is 0 Å². The van der Waals surface area contributed by atoms with Crippen molar-refractivity contribution in [1.29, 1.82) is 0 Å². The summed E-state index contributed by atoms with van der Waals surface area (Å²) in [5.74, 6) is -0.159. The molecular weight excluding hydrogens is 276 g/mol. The quantitative estimate of drug-likeness (QED) is 0.765. The van der Waals surface area contributed by atoms with Crippen LogP contribution in [0.3, 0.4) is 0 Å². The summed E-state index contributed by atoms with van der Waals surface area (Å²) in [6.07, 6.45) is 2.00. The number of likely N-dealkylation sites (tertiary alicyclic amines) is 1. The molecule has 2 aliphatic rings. The topological polar surface area (TPSA) is 73.1 Å². The van der Waals surface area contributed by atoms with Crippen molar-refractivity contribution in [2.75, 3.05) is 13.1 Å². The van der Waals surface area contributed by atoms with Gasteiger partial charge in [0.1, 0.15) is 5.75 Å². The monoisotopic (exact) mass is 290 g/mol. The van der Waals surface area contributed by atoms with E-state index in [1.54, 1.807) is 30.3 Å². The van der Waals surface area contributed by atoms with Crippen LogP contribution in [0.4, 0.5) is 0 Å². The lowest BCUT2D eigenvalue weighted by Gasteiger charge is -2.15. The van der Waals surface area contributed by atoms with E-state index in [0.29, 0.717) is 35.1 Å². The molecule has 1 atom stereocenters. The highest BCUT2D eigenvalue weighted by Gasteiger charge is 2.30. The molecule has 20 heavy (non-hydrogen) atoms. The van der Waals surface area contributed by atoms with Crippen LogP contribution >= 0.6 is 11.8 Å². The molecule has 6 heteroatoms. The van der Waals surface area contributed by atoms with E-state index < -0.39 is 0 Å². The molecule has 1 aromatic carbocycles. The highest BCUT2D eigenvalue weighted by molar-refractivity contribution is 8.18. The van der Waals surface area contributed by atoms with Crippen molar-refractivity contribution in [3.05, 3.63) is 34.7 Å². The third kappa shape index (κ3) is 2.57. The Balaban J connectivity index is 1.79. The summed E-state index contributed by atoms with van der Waals surface area (Å²) in [7, 11) is 0. The molecule has 1 aromatic rings. The lowest BCUT2D eigenvalue weighted by molar-refractivity contribution is -0.113. The van der Waals surface area contributed by atoms with Crippen LogP contribution in [0.25, 0.3) is 6.08 Å². The number of para-hydroxylation sites is 1. The Kier molecular flexibility index (Phi) is 3.50. The van der Waals surface area contributed by atoms with Crippen molar-refractivity contribution in [3.63, 3.8) is 0 Å². The summed E-state index contributed by atoms with van der Waals surface area (Å²) in [5.41, 5.74) is 0.598. The summed E-state index contributed by atoms with van der Waals surface area (Å²) in [4.78, 5) is 18.3. The van der Waals surface area contributed by atoms with Crippen molar-refractivity contribution in [2.45, 2.75) is 12.5 Å². The number of aliphatic hydroxyl groups excluding tert-OH is 1. The van der Waals surface area contributed by atoms with Gasteiger partial charge in [-0.3, -0.25) is 4.79 Å². The first-order valence-corrected chi connectivity index (χ1v) is 7.19. The van der Waals surface area contributed by atoms with Crippen LogP contribution < -0.4 is 0 Å². The summed E-state index contributed by atoms with van der Waals surface area (Å²) < 4.78 is 0. The van der Waals surface area contributed by atoms with Gasteiger partial charge in [-0.25, -0.2) is 0 Å². The number of aliphatic hydroxyl groups is 1. The van der Waals surface area contributed by atoms with Gasteiger partial charge in [0.05, 0.1) is 11.0 Å². The van der Waals surface area contributed by atoms with Crippen LogP contribution in [0.1, 0.15) is 12.0 Å². The van der Waals surface area contributed by atoms with E-state index in [1.165, 1.54) is 11.8 Å². The zero-order valence-electron chi connectivity index (χ0n) is 10.7. The van der Waals surface area contributed by atoms with E-state index in [9.17, 15) is 15.0 Å². The minimum Gasteiger partial charge on any atom is -0.507 e. The van der Waals surface area contributed by atoms with Gasteiger partial charge < -0.3 is 15.1 Å². The number of amides is 1. The maximum absolute atomic E-state index is 11.9. The molecule has 1 amide bonds. The Morgan fingerprint density at radius 3 is 2.90 bits per heavy atom. The molecule has 0 aliphatic carbocycles. The molecule has 5 nitrogen and oxygen atoms in total. The Bertz CT molecular complexity index is 612. The largest absolute Gasteiger partial charge is 0.507 e. The highest BCUT2D eigenvalue weighted by atomic mass is 32.2. The molecule has 2 N–H and O–H groups in total. The van der Waals surface area contributed by atoms with Crippen LogP contribution in [0.5, 0.6) is 5.75 Å². The summed E-state index contributed by atoms with van der Waals surface area (Å²) >= 11 is 1.29. The van der Waals surface area contributed by atoms with Crippen molar-refractivity contribution >= 4 is 28.9 Å². The first-order chi connectivity index (χ1) is 9.63. The van der Waals surface area contributed by atoms with Gasteiger partial charge >= 0.3 is 0 Å². The van der Waals surface area contributed by atoms with E-state index in [2.05, 4.69) is 4.99 Å². The Morgan fingerprint density at radius 2 is 2.20 bits per heavy atom. The predicted molar refractivity (Wildman–Crippen MR) is 78.3 cm³/mol. The van der Waals surface area contributed by atoms with Gasteiger partial charge in [0, 0.05) is 18.7 Å². The third-order valence-corrected chi connectivity index (χ3v) is 4.31. The van der Waals surface area contributed by atoms with Gasteiger partial charge in [-0.2, -0.15) is 4.99 Å². The second-order valence-electron chi connectivity index (χ2n) is 4.76. The van der Waals surface area contributed by atoms with E-state index in [1.807, 2.05) is 4.90 Å². The van der Waals surface area contributed by atoms with Gasteiger partial charge in [-0.1, -0.05) is 18.2 Å². The van der Waals surface area contributed by atoms with Crippen molar-refractivity contribution in [2.24, 2.45) is 4.99 Å². The number of amidine groups is 1. The number of β-amino-alcohol motifs (C(OH)–C–C–N with tert-alkyl or cyclic N) is 1.